The van der Waals surface area contributed by atoms with E-state index in [9.17, 15) is 14.0 Å². The van der Waals surface area contributed by atoms with Crippen LogP contribution in [0.3, 0.4) is 0 Å². The number of amides is 3. The van der Waals surface area contributed by atoms with Gasteiger partial charge in [-0.3, -0.25) is 4.79 Å². The van der Waals surface area contributed by atoms with Crippen molar-refractivity contribution in [1.29, 1.82) is 0 Å². The van der Waals surface area contributed by atoms with Gasteiger partial charge in [-0.2, -0.15) is 0 Å². The van der Waals surface area contributed by atoms with Crippen LogP contribution in [0.25, 0.3) is 0 Å². The van der Waals surface area contributed by atoms with E-state index in [1.165, 1.54) is 20.1 Å². The van der Waals surface area contributed by atoms with Gasteiger partial charge in [0.05, 0.1) is 13.2 Å². The molecule has 1 heterocycles. The lowest BCUT2D eigenvalue weighted by molar-refractivity contribution is -0.119. The Morgan fingerprint density at radius 2 is 2.17 bits per heavy atom. The van der Waals surface area contributed by atoms with Crippen LogP contribution in [-0.4, -0.2) is 43.1 Å². The fraction of sp³-hybridized carbons (Fsp3) is 0.529. The average molecular weight is 337 g/mol. The Morgan fingerprint density at radius 1 is 1.42 bits per heavy atom. The molecule has 1 saturated heterocycles. The molecule has 24 heavy (non-hydrogen) atoms. The summed E-state index contributed by atoms with van der Waals surface area (Å²) in [5, 5.41) is 5.72. The van der Waals surface area contributed by atoms with Crippen molar-refractivity contribution < 1.29 is 18.7 Å². The van der Waals surface area contributed by atoms with Crippen LogP contribution in [0.4, 0.5) is 9.18 Å². The highest BCUT2D eigenvalue weighted by Crippen LogP contribution is 2.22. The number of rotatable bonds is 4. The summed E-state index contributed by atoms with van der Waals surface area (Å²) >= 11 is 0. The molecule has 1 fully saturated rings. The highest BCUT2D eigenvalue weighted by Gasteiger charge is 2.25. The highest BCUT2D eigenvalue weighted by atomic mass is 19.1. The molecule has 1 aliphatic rings. The van der Waals surface area contributed by atoms with Crippen LogP contribution >= 0.6 is 0 Å². The van der Waals surface area contributed by atoms with E-state index in [0.717, 1.165) is 12.8 Å². The van der Waals surface area contributed by atoms with Crippen LogP contribution in [0.5, 0.6) is 5.75 Å². The lowest BCUT2D eigenvalue weighted by Crippen LogP contribution is -2.52. The molecule has 0 bridgehead atoms. The third-order valence-electron chi connectivity index (χ3n) is 4.13. The van der Waals surface area contributed by atoms with Gasteiger partial charge in [0.1, 0.15) is 0 Å². The molecule has 0 aliphatic carbocycles. The number of halogens is 1. The Kier molecular flexibility index (Phi) is 6.00. The summed E-state index contributed by atoms with van der Waals surface area (Å²) in [4.78, 5) is 25.2. The SMILES string of the molecule is COc1ccc(C(C)NC(=O)N2CCCC(NC(C)=O)C2)cc1F. The van der Waals surface area contributed by atoms with E-state index < -0.39 is 5.82 Å². The fourth-order valence-electron chi connectivity index (χ4n) is 2.88. The number of likely N-dealkylation sites (tertiary alicyclic amines) is 1. The lowest BCUT2D eigenvalue weighted by atomic mass is 10.1. The first-order valence-corrected chi connectivity index (χ1v) is 8.06. The summed E-state index contributed by atoms with van der Waals surface area (Å²) < 4.78 is 18.7. The molecule has 2 atom stereocenters. The minimum absolute atomic E-state index is 0.0178. The van der Waals surface area contributed by atoms with Crippen LogP contribution in [0, 0.1) is 5.82 Å². The number of hydrogen-bond acceptors (Lipinski definition) is 3. The molecule has 2 N–H and O–H groups in total. The van der Waals surface area contributed by atoms with Gasteiger partial charge in [0.2, 0.25) is 5.91 Å². The minimum Gasteiger partial charge on any atom is -0.494 e. The van der Waals surface area contributed by atoms with Crippen LogP contribution < -0.4 is 15.4 Å². The van der Waals surface area contributed by atoms with Gasteiger partial charge in [-0.1, -0.05) is 6.07 Å². The molecule has 2 unspecified atom stereocenters. The summed E-state index contributed by atoms with van der Waals surface area (Å²) in [5.74, 6) is -0.379. The van der Waals surface area contributed by atoms with Gasteiger partial charge >= 0.3 is 6.03 Å². The summed E-state index contributed by atoms with van der Waals surface area (Å²) in [7, 11) is 1.41. The van der Waals surface area contributed by atoms with Crippen molar-refractivity contribution in [1.82, 2.24) is 15.5 Å². The zero-order valence-corrected chi connectivity index (χ0v) is 14.3. The first-order valence-electron chi connectivity index (χ1n) is 8.06. The number of benzene rings is 1. The molecule has 1 aromatic carbocycles. The molecule has 7 heteroatoms. The number of ether oxygens (including phenoxy) is 1. The lowest BCUT2D eigenvalue weighted by Gasteiger charge is -2.33. The van der Waals surface area contributed by atoms with E-state index in [0.29, 0.717) is 18.7 Å². The summed E-state index contributed by atoms with van der Waals surface area (Å²) in [6.45, 7) is 4.40. The van der Waals surface area contributed by atoms with Crippen molar-refractivity contribution in [3.63, 3.8) is 0 Å². The molecular weight excluding hydrogens is 313 g/mol. The van der Waals surface area contributed by atoms with Gasteiger partial charge in [-0.15, -0.1) is 0 Å². The second-order valence-electron chi connectivity index (χ2n) is 6.05. The molecule has 0 spiro atoms. The topological polar surface area (TPSA) is 70.7 Å². The largest absolute Gasteiger partial charge is 0.494 e. The Balaban J connectivity index is 1.95. The number of nitrogens with one attached hydrogen (secondary N) is 2. The monoisotopic (exact) mass is 337 g/mol. The third kappa shape index (κ3) is 4.59. The molecule has 6 nitrogen and oxygen atoms in total. The minimum atomic E-state index is -0.459. The van der Waals surface area contributed by atoms with Gasteiger partial charge in [0.15, 0.2) is 11.6 Å². The zero-order valence-electron chi connectivity index (χ0n) is 14.3. The number of carbonyl (C=O) groups is 2. The number of carbonyl (C=O) groups excluding carboxylic acids is 2. The second-order valence-corrected chi connectivity index (χ2v) is 6.05. The smallest absolute Gasteiger partial charge is 0.317 e. The van der Waals surface area contributed by atoms with E-state index in [-0.39, 0.29) is 29.8 Å². The molecule has 1 aliphatic heterocycles. The highest BCUT2D eigenvalue weighted by molar-refractivity contribution is 5.75. The fourth-order valence-corrected chi connectivity index (χ4v) is 2.88. The average Bonchev–Trinajstić information content (AvgIpc) is 2.54. The van der Waals surface area contributed by atoms with Crippen LogP contribution in [0.1, 0.15) is 38.3 Å². The van der Waals surface area contributed by atoms with E-state index in [1.807, 2.05) is 0 Å². The number of nitrogens with zero attached hydrogens (tertiary/aromatic N) is 1. The standard InChI is InChI=1S/C17H24FN3O3/c1-11(13-6-7-16(24-3)15(18)9-13)19-17(23)21-8-4-5-14(10-21)20-12(2)22/h6-7,9,11,14H,4-5,8,10H2,1-3H3,(H,19,23)(H,20,22). The van der Waals surface area contributed by atoms with Crippen molar-refractivity contribution in [2.45, 2.75) is 38.8 Å². The summed E-state index contributed by atoms with van der Waals surface area (Å²) in [6, 6.07) is 4.06. The first-order chi connectivity index (χ1) is 11.4. The predicted octanol–water partition coefficient (Wildman–Crippen LogP) is 2.21. The Labute approximate surface area is 141 Å². The van der Waals surface area contributed by atoms with Gasteiger partial charge in [-0.05, 0) is 37.5 Å². The first kappa shape index (κ1) is 18.0. The van der Waals surface area contributed by atoms with Crippen molar-refractivity contribution in [3.8, 4) is 5.75 Å². The van der Waals surface area contributed by atoms with Crippen LogP contribution in [0.2, 0.25) is 0 Å². The van der Waals surface area contributed by atoms with Gasteiger partial charge in [0, 0.05) is 26.1 Å². The Hall–Kier alpha value is -2.31. The summed E-state index contributed by atoms with van der Waals surface area (Å²) in [6.07, 6.45) is 1.70. The van der Waals surface area contributed by atoms with Gasteiger partial charge < -0.3 is 20.3 Å². The molecule has 1 aromatic rings. The maximum absolute atomic E-state index is 13.8. The maximum atomic E-state index is 13.8. The predicted molar refractivity (Wildman–Crippen MR) is 88.3 cm³/mol. The number of piperidine rings is 1. The molecule has 0 saturated carbocycles. The molecular formula is C17H24FN3O3. The Bertz CT molecular complexity index is 609. The number of hydrogen-bond donors (Lipinski definition) is 2. The van der Waals surface area contributed by atoms with Crippen LogP contribution in [0.15, 0.2) is 18.2 Å². The summed E-state index contributed by atoms with van der Waals surface area (Å²) in [5.41, 5.74) is 0.664. The number of urea groups is 1. The van der Waals surface area contributed by atoms with Crippen molar-refractivity contribution in [2.24, 2.45) is 0 Å². The molecule has 0 aromatic heterocycles. The van der Waals surface area contributed by atoms with Gasteiger partial charge in [-0.25, -0.2) is 9.18 Å². The Morgan fingerprint density at radius 3 is 2.79 bits per heavy atom. The molecule has 2 rings (SSSR count). The van der Waals surface area contributed by atoms with E-state index in [4.69, 9.17) is 4.74 Å². The number of methoxy groups -OCH3 is 1. The van der Waals surface area contributed by atoms with Crippen molar-refractivity contribution in [3.05, 3.63) is 29.6 Å². The molecule has 0 radical (unpaired) electrons. The van der Waals surface area contributed by atoms with E-state index in [1.54, 1.807) is 24.0 Å². The zero-order chi connectivity index (χ0) is 17.7. The van der Waals surface area contributed by atoms with E-state index in [2.05, 4.69) is 10.6 Å². The maximum Gasteiger partial charge on any atom is 0.317 e. The van der Waals surface area contributed by atoms with Crippen molar-refractivity contribution in [2.75, 3.05) is 20.2 Å². The quantitative estimate of drug-likeness (QED) is 0.885. The van der Waals surface area contributed by atoms with Crippen LogP contribution in [-0.2, 0) is 4.79 Å². The molecule has 3 amide bonds. The third-order valence-corrected chi connectivity index (χ3v) is 4.13. The normalized spacial score (nSPS) is 18.7. The second kappa shape index (κ2) is 7.99. The van der Waals surface area contributed by atoms with Gasteiger partial charge in [0.25, 0.3) is 0 Å². The molecule has 132 valence electrons. The van der Waals surface area contributed by atoms with Crippen molar-refractivity contribution >= 4 is 11.9 Å². The van der Waals surface area contributed by atoms with E-state index >= 15 is 0 Å².